The summed E-state index contributed by atoms with van der Waals surface area (Å²) in [5, 5.41) is 1.18. The molecule has 6 nitrogen and oxygen atoms in total. The van der Waals surface area contributed by atoms with Crippen molar-refractivity contribution in [2.24, 2.45) is 0 Å². The lowest BCUT2D eigenvalue weighted by molar-refractivity contribution is 0.0589. The van der Waals surface area contributed by atoms with Crippen LogP contribution in [0.2, 0.25) is 5.02 Å². The molecule has 0 atom stereocenters. The number of ether oxygens (including phenoxy) is 1. The van der Waals surface area contributed by atoms with E-state index in [2.05, 4.69) is 0 Å². The lowest BCUT2D eigenvalue weighted by Crippen LogP contribution is -2.13. The van der Waals surface area contributed by atoms with Crippen LogP contribution in [0.3, 0.4) is 0 Å². The van der Waals surface area contributed by atoms with Crippen LogP contribution in [0.1, 0.15) is 16.9 Å². The molecule has 21 heavy (non-hydrogen) atoms. The summed E-state index contributed by atoms with van der Waals surface area (Å²) >= 11 is 6.10. The van der Waals surface area contributed by atoms with Crippen LogP contribution >= 0.6 is 11.6 Å². The second-order valence-corrected chi connectivity index (χ2v) is 6.46. The fraction of sp³-hybridized carbons (Fsp3) is 0.308. The van der Waals surface area contributed by atoms with Gasteiger partial charge < -0.3 is 9.30 Å². The molecule has 0 aliphatic rings. The van der Waals surface area contributed by atoms with Crippen molar-refractivity contribution in [2.45, 2.75) is 13.0 Å². The van der Waals surface area contributed by atoms with Crippen LogP contribution < -0.4 is 0 Å². The van der Waals surface area contributed by atoms with E-state index in [4.69, 9.17) is 20.9 Å². The molecular formula is C13H14ClNO5S. The van der Waals surface area contributed by atoms with Gasteiger partial charge in [0.05, 0.1) is 18.4 Å². The van der Waals surface area contributed by atoms with E-state index < -0.39 is 16.1 Å². The number of carbonyl (C=O) groups is 1. The fourth-order valence-electron chi connectivity index (χ4n) is 2.17. The molecule has 1 aromatic carbocycles. The number of rotatable bonds is 5. The number of esters is 1. The molecular weight excluding hydrogens is 318 g/mol. The number of hydrogen-bond donors (Lipinski definition) is 1. The third-order valence-corrected chi connectivity index (χ3v) is 4.21. The maximum atomic E-state index is 11.8. The molecule has 0 spiro atoms. The number of aromatic nitrogens is 1. The van der Waals surface area contributed by atoms with Gasteiger partial charge in [0.15, 0.2) is 0 Å². The number of carbonyl (C=O) groups excluding carboxylic acids is 1. The Hall–Kier alpha value is -1.57. The van der Waals surface area contributed by atoms with E-state index in [1.54, 1.807) is 28.8 Å². The summed E-state index contributed by atoms with van der Waals surface area (Å²) in [5.74, 6) is -0.914. The zero-order valence-corrected chi connectivity index (χ0v) is 12.8. The zero-order chi connectivity index (χ0) is 15.6. The molecule has 0 unspecified atom stereocenters. The van der Waals surface area contributed by atoms with Crippen molar-refractivity contribution in [1.29, 1.82) is 0 Å². The van der Waals surface area contributed by atoms with Crippen LogP contribution in [-0.2, 0) is 21.4 Å². The Balaban J connectivity index is 2.43. The van der Waals surface area contributed by atoms with Crippen LogP contribution in [0, 0.1) is 0 Å². The van der Waals surface area contributed by atoms with Crippen molar-refractivity contribution in [3.8, 4) is 0 Å². The monoisotopic (exact) mass is 331 g/mol. The zero-order valence-electron chi connectivity index (χ0n) is 11.2. The first-order chi connectivity index (χ1) is 9.83. The molecule has 8 heteroatoms. The van der Waals surface area contributed by atoms with Crippen LogP contribution in [0.5, 0.6) is 0 Å². The largest absolute Gasteiger partial charge is 0.464 e. The Labute approximate surface area is 127 Å². The van der Waals surface area contributed by atoms with Gasteiger partial charge in [0.25, 0.3) is 10.1 Å². The Kier molecular flexibility index (Phi) is 4.55. The van der Waals surface area contributed by atoms with E-state index in [1.807, 2.05) is 0 Å². The SMILES string of the molecule is COC(=O)c1cc2c(Cl)cccc2n1CCCS(=O)(=O)O. The summed E-state index contributed by atoms with van der Waals surface area (Å²) in [4.78, 5) is 11.8. The van der Waals surface area contributed by atoms with Gasteiger partial charge in [0, 0.05) is 17.0 Å². The molecule has 2 aromatic rings. The fourth-order valence-corrected chi connectivity index (χ4v) is 2.89. The number of nitrogens with zero attached hydrogens (tertiary/aromatic N) is 1. The summed E-state index contributed by atoms with van der Waals surface area (Å²) < 4.78 is 36.7. The number of hydrogen-bond acceptors (Lipinski definition) is 4. The second-order valence-electron chi connectivity index (χ2n) is 4.49. The molecule has 0 aliphatic heterocycles. The average molecular weight is 332 g/mol. The van der Waals surface area contributed by atoms with Crippen LogP contribution in [0.15, 0.2) is 24.3 Å². The van der Waals surface area contributed by atoms with E-state index in [1.165, 1.54) is 7.11 Å². The molecule has 114 valence electrons. The number of aryl methyl sites for hydroxylation is 1. The van der Waals surface area contributed by atoms with Gasteiger partial charge in [-0.3, -0.25) is 4.55 Å². The van der Waals surface area contributed by atoms with Crippen molar-refractivity contribution in [3.05, 3.63) is 35.0 Å². The molecule has 0 bridgehead atoms. The van der Waals surface area contributed by atoms with E-state index in [0.717, 1.165) is 0 Å². The predicted octanol–water partition coefficient (Wildman–Crippen LogP) is 2.36. The van der Waals surface area contributed by atoms with E-state index >= 15 is 0 Å². The lowest BCUT2D eigenvalue weighted by atomic mass is 10.2. The number of halogens is 1. The second kappa shape index (κ2) is 6.05. The number of methoxy groups -OCH3 is 1. The van der Waals surface area contributed by atoms with Crippen molar-refractivity contribution < 1.29 is 22.5 Å². The molecule has 0 amide bonds. The van der Waals surface area contributed by atoms with Crippen molar-refractivity contribution >= 4 is 38.6 Å². The summed E-state index contributed by atoms with van der Waals surface area (Å²) in [6.45, 7) is 0.244. The highest BCUT2D eigenvalue weighted by atomic mass is 35.5. The maximum Gasteiger partial charge on any atom is 0.354 e. The number of benzene rings is 1. The van der Waals surface area contributed by atoms with E-state index in [0.29, 0.717) is 15.9 Å². The Bertz CT molecular complexity index is 781. The molecule has 1 aromatic heterocycles. The third-order valence-electron chi connectivity index (χ3n) is 3.07. The van der Waals surface area contributed by atoms with Gasteiger partial charge in [-0.05, 0) is 24.6 Å². The normalized spacial score (nSPS) is 11.8. The Morgan fingerprint density at radius 2 is 2.14 bits per heavy atom. The highest BCUT2D eigenvalue weighted by Crippen LogP contribution is 2.27. The van der Waals surface area contributed by atoms with Gasteiger partial charge in [-0.2, -0.15) is 8.42 Å². The minimum atomic E-state index is -4.03. The summed E-state index contributed by atoms with van der Waals surface area (Å²) in [6, 6.07) is 6.83. The van der Waals surface area contributed by atoms with Gasteiger partial charge in [0.2, 0.25) is 0 Å². The summed E-state index contributed by atoms with van der Waals surface area (Å²) in [6.07, 6.45) is 0.166. The minimum Gasteiger partial charge on any atom is -0.464 e. The third kappa shape index (κ3) is 3.55. The van der Waals surface area contributed by atoms with Crippen LogP contribution in [0.25, 0.3) is 10.9 Å². The first kappa shape index (κ1) is 15.8. The first-order valence-corrected chi connectivity index (χ1v) is 8.13. The first-order valence-electron chi connectivity index (χ1n) is 6.14. The Morgan fingerprint density at radius 3 is 2.76 bits per heavy atom. The highest BCUT2D eigenvalue weighted by molar-refractivity contribution is 7.85. The molecule has 0 radical (unpaired) electrons. The molecule has 0 fully saturated rings. The van der Waals surface area contributed by atoms with Crippen molar-refractivity contribution in [1.82, 2.24) is 4.57 Å². The molecule has 1 N–H and O–H groups in total. The van der Waals surface area contributed by atoms with E-state index in [9.17, 15) is 13.2 Å². The predicted molar refractivity (Wildman–Crippen MR) is 79.3 cm³/mol. The molecule has 0 saturated carbocycles. The Morgan fingerprint density at radius 1 is 1.43 bits per heavy atom. The highest BCUT2D eigenvalue weighted by Gasteiger charge is 2.17. The smallest absolute Gasteiger partial charge is 0.354 e. The van der Waals surface area contributed by atoms with Gasteiger partial charge >= 0.3 is 5.97 Å². The quantitative estimate of drug-likeness (QED) is 0.671. The molecule has 0 saturated heterocycles. The van der Waals surface area contributed by atoms with Gasteiger partial charge in [0.1, 0.15) is 5.69 Å². The number of fused-ring (bicyclic) bond motifs is 1. The summed E-state index contributed by atoms with van der Waals surface area (Å²) in [5.41, 5.74) is 0.995. The van der Waals surface area contributed by atoms with Crippen molar-refractivity contribution in [3.63, 3.8) is 0 Å². The van der Waals surface area contributed by atoms with E-state index in [-0.39, 0.29) is 24.4 Å². The standard InChI is InChI=1S/C13H14ClNO5S/c1-20-13(16)12-8-9-10(14)4-2-5-11(9)15(12)6-3-7-21(17,18)19/h2,4-5,8H,3,6-7H2,1H3,(H,17,18,19). The van der Waals surface area contributed by atoms with Gasteiger partial charge in [-0.15, -0.1) is 0 Å². The minimum absolute atomic E-state index is 0.166. The maximum absolute atomic E-state index is 11.8. The van der Waals surface area contributed by atoms with Crippen LogP contribution in [-0.4, -0.2) is 36.4 Å². The van der Waals surface area contributed by atoms with Crippen molar-refractivity contribution in [2.75, 3.05) is 12.9 Å². The van der Waals surface area contributed by atoms with Crippen LogP contribution in [0.4, 0.5) is 0 Å². The molecule has 0 aliphatic carbocycles. The molecule has 1 heterocycles. The average Bonchev–Trinajstić information content (AvgIpc) is 2.77. The van der Waals surface area contributed by atoms with Gasteiger partial charge in [-0.1, -0.05) is 17.7 Å². The topological polar surface area (TPSA) is 85.6 Å². The molecule has 2 rings (SSSR count). The summed E-state index contributed by atoms with van der Waals surface area (Å²) in [7, 11) is -2.77. The lowest BCUT2D eigenvalue weighted by Gasteiger charge is -2.09. The van der Waals surface area contributed by atoms with Gasteiger partial charge in [-0.25, -0.2) is 4.79 Å².